The lowest BCUT2D eigenvalue weighted by Crippen LogP contribution is -2.50. The Bertz CT molecular complexity index is 1100. The molecule has 0 aliphatic carbocycles. The maximum atomic E-state index is 13.4. The van der Waals surface area contributed by atoms with Gasteiger partial charge >= 0.3 is 0 Å². The van der Waals surface area contributed by atoms with Crippen LogP contribution in [0.1, 0.15) is 43.5 Å². The summed E-state index contributed by atoms with van der Waals surface area (Å²) in [6.45, 7) is 8.67. The molecule has 4 rings (SSSR count). The molecule has 2 fully saturated rings. The van der Waals surface area contributed by atoms with Crippen molar-refractivity contribution >= 4 is 29.0 Å². The van der Waals surface area contributed by atoms with Gasteiger partial charge in [-0.15, -0.1) is 0 Å². The zero-order valence-corrected chi connectivity index (χ0v) is 20.5. The Hall–Kier alpha value is -2.07. The molecule has 180 valence electrons. The molecule has 9 heteroatoms. The standard InChI is InChI=1S/C24H34N4O4S/c1-16-13-26(14-17(2)32-16)15-19-6-4-9-27(19)22(29)18-7-8-20-21(12-18)25-24(33)28(23(20)30)10-5-11-31-3/h7-8,12,16-17,19H,4-6,9-11,13-15H2,1-3H3,(H,25,33). The van der Waals surface area contributed by atoms with Crippen molar-refractivity contribution in [2.45, 2.75) is 57.9 Å². The van der Waals surface area contributed by atoms with Crippen LogP contribution >= 0.6 is 12.2 Å². The molecule has 2 aromatic rings. The monoisotopic (exact) mass is 474 g/mol. The van der Waals surface area contributed by atoms with Crippen molar-refractivity contribution in [1.29, 1.82) is 0 Å². The number of ether oxygens (including phenoxy) is 2. The molecular weight excluding hydrogens is 440 g/mol. The number of nitrogens with one attached hydrogen (secondary N) is 1. The third kappa shape index (κ3) is 5.37. The maximum Gasteiger partial charge on any atom is 0.262 e. The molecular formula is C24H34N4O4S. The van der Waals surface area contributed by atoms with Crippen LogP contribution in [0.3, 0.4) is 0 Å². The Labute approximate surface area is 199 Å². The van der Waals surface area contributed by atoms with E-state index < -0.39 is 0 Å². The van der Waals surface area contributed by atoms with Crippen LogP contribution in [0.4, 0.5) is 0 Å². The van der Waals surface area contributed by atoms with Gasteiger partial charge in [0.1, 0.15) is 0 Å². The van der Waals surface area contributed by atoms with E-state index in [1.165, 1.54) is 0 Å². The summed E-state index contributed by atoms with van der Waals surface area (Å²) in [6.07, 6.45) is 3.14. The summed E-state index contributed by atoms with van der Waals surface area (Å²) < 4.78 is 12.8. The number of likely N-dealkylation sites (tertiary alicyclic amines) is 1. The molecule has 3 unspecified atom stereocenters. The number of carbonyl (C=O) groups is 1. The van der Waals surface area contributed by atoms with E-state index in [1.807, 2.05) is 4.90 Å². The second-order valence-electron chi connectivity index (χ2n) is 9.26. The first-order valence-electron chi connectivity index (χ1n) is 11.8. The molecule has 2 aliphatic rings. The lowest BCUT2D eigenvalue weighted by molar-refractivity contribution is -0.0715. The van der Waals surface area contributed by atoms with Gasteiger partial charge in [-0.3, -0.25) is 19.1 Å². The van der Waals surface area contributed by atoms with Gasteiger partial charge in [0.2, 0.25) is 0 Å². The number of fused-ring (bicyclic) bond motifs is 1. The summed E-state index contributed by atoms with van der Waals surface area (Å²) in [4.78, 5) is 33.9. The number of nitrogens with zero attached hydrogens (tertiary/aromatic N) is 3. The van der Waals surface area contributed by atoms with Crippen LogP contribution in [0.15, 0.2) is 23.0 Å². The third-order valence-corrected chi connectivity index (χ3v) is 6.88. The third-order valence-electron chi connectivity index (χ3n) is 6.56. The Balaban J connectivity index is 1.53. The number of aromatic amines is 1. The first kappa shape index (κ1) is 24.1. The average molecular weight is 475 g/mol. The molecule has 3 heterocycles. The molecule has 0 saturated carbocycles. The lowest BCUT2D eigenvalue weighted by Gasteiger charge is -2.38. The van der Waals surface area contributed by atoms with Crippen molar-refractivity contribution < 1.29 is 14.3 Å². The summed E-state index contributed by atoms with van der Waals surface area (Å²) in [5, 5.41) is 0.534. The number of hydrogen-bond donors (Lipinski definition) is 1. The van der Waals surface area contributed by atoms with Crippen LogP contribution in [0.5, 0.6) is 0 Å². The molecule has 1 aromatic heterocycles. The molecule has 33 heavy (non-hydrogen) atoms. The van der Waals surface area contributed by atoms with Crippen LogP contribution in [0.25, 0.3) is 10.9 Å². The van der Waals surface area contributed by atoms with E-state index in [0.29, 0.717) is 40.8 Å². The first-order chi connectivity index (χ1) is 15.9. The van der Waals surface area contributed by atoms with Gasteiger partial charge in [0.15, 0.2) is 4.77 Å². The minimum Gasteiger partial charge on any atom is -0.385 e. The summed E-state index contributed by atoms with van der Waals surface area (Å²) in [5.74, 6) is 0.0114. The number of aromatic nitrogens is 2. The van der Waals surface area contributed by atoms with E-state index in [0.717, 1.165) is 39.0 Å². The average Bonchev–Trinajstić information content (AvgIpc) is 3.22. The van der Waals surface area contributed by atoms with Gasteiger partial charge in [-0.1, -0.05) is 0 Å². The Morgan fingerprint density at radius 1 is 1.27 bits per heavy atom. The number of H-pyrrole nitrogens is 1. The van der Waals surface area contributed by atoms with Crippen LogP contribution in [0, 0.1) is 4.77 Å². The highest BCUT2D eigenvalue weighted by Crippen LogP contribution is 2.23. The summed E-state index contributed by atoms with van der Waals surface area (Å²) in [5.41, 5.74) is 1.05. The highest BCUT2D eigenvalue weighted by Gasteiger charge is 2.33. The van der Waals surface area contributed by atoms with E-state index in [2.05, 4.69) is 23.7 Å². The highest BCUT2D eigenvalue weighted by molar-refractivity contribution is 7.71. The van der Waals surface area contributed by atoms with Crippen molar-refractivity contribution in [2.24, 2.45) is 0 Å². The molecule has 0 bridgehead atoms. The minimum atomic E-state index is -0.140. The molecule has 1 N–H and O–H groups in total. The maximum absolute atomic E-state index is 13.4. The van der Waals surface area contributed by atoms with Crippen LogP contribution in [0.2, 0.25) is 0 Å². The zero-order valence-electron chi connectivity index (χ0n) is 19.7. The first-order valence-corrected chi connectivity index (χ1v) is 12.2. The second-order valence-corrected chi connectivity index (χ2v) is 9.65. The molecule has 2 aliphatic heterocycles. The Morgan fingerprint density at radius 2 is 2.03 bits per heavy atom. The number of benzene rings is 1. The van der Waals surface area contributed by atoms with E-state index in [-0.39, 0.29) is 29.7 Å². The van der Waals surface area contributed by atoms with Crippen molar-refractivity contribution in [3.05, 3.63) is 38.9 Å². The topological polar surface area (TPSA) is 79.8 Å². The number of morpholine rings is 1. The molecule has 2 saturated heterocycles. The summed E-state index contributed by atoms with van der Waals surface area (Å²) in [7, 11) is 1.63. The molecule has 0 radical (unpaired) electrons. The van der Waals surface area contributed by atoms with E-state index >= 15 is 0 Å². The largest absolute Gasteiger partial charge is 0.385 e. The molecule has 8 nitrogen and oxygen atoms in total. The van der Waals surface area contributed by atoms with E-state index in [4.69, 9.17) is 21.7 Å². The second kappa shape index (κ2) is 10.5. The quantitative estimate of drug-likeness (QED) is 0.491. The molecule has 1 amide bonds. The van der Waals surface area contributed by atoms with Gasteiger partial charge < -0.3 is 19.4 Å². The van der Waals surface area contributed by atoms with Gasteiger partial charge in [0, 0.05) is 58.0 Å². The number of methoxy groups -OCH3 is 1. The van der Waals surface area contributed by atoms with Crippen molar-refractivity contribution in [3.8, 4) is 0 Å². The van der Waals surface area contributed by atoms with E-state index in [9.17, 15) is 9.59 Å². The van der Waals surface area contributed by atoms with Gasteiger partial charge in [-0.2, -0.15) is 0 Å². The number of rotatable bonds is 7. The summed E-state index contributed by atoms with van der Waals surface area (Å²) >= 11 is 5.42. The Morgan fingerprint density at radius 3 is 2.76 bits per heavy atom. The Kier molecular flexibility index (Phi) is 7.63. The number of carbonyl (C=O) groups excluding carboxylic acids is 1. The van der Waals surface area contributed by atoms with Crippen molar-refractivity contribution in [2.75, 3.05) is 39.9 Å². The number of hydrogen-bond acceptors (Lipinski definition) is 6. The van der Waals surface area contributed by atoms with Crippen LogP contribution < -0.4 is 5.56 Å². The smallest absolute Gasteiger partial charge is 0.262 e. The normalized spacial score (nSPS) is 24.0. The van der Waals surface area contributed by atoms with Crippen molar-refractivity contribution in [1.82, 2.24) is 19.4 Å². The SMILES string of the molecule is COCCCn1c(=S)[nH]c2cc(C(=O)N3CCCC3CN3CC(C)OC(C)C3)ccc2c1=O. The predicted molar refractivity (Wildman–Crippen MR) is 130 cm³/mol. The molecule has 0 spiro atoms. The predicted octanol–water partition coefficient (Wildman–Crippen LogP) is 2.81. The fourth-order valence-electron chi connectivity index (χ4n) is 5.15. The van der Waals surface area contributed by atoms with E-state index in [1.54, 1.807) is 29.9 Å². The van der Waals surface area contributed by atoms with Crippen LogP contribution in [-0.2, 0) is 16.0 Å². The van der Waals surface area contributed by atoms with Crippen molar-refractivity contribution in [3.63, 3.8) is 0 Å². The zero-order chi connectivity index (χ0) is 23.5. The minimum absolute atomic E-state index is 0.0114. The highest BCUT2D eigenvalue weighted by atomic mass is 32.1. The molecule has 3 atom stereocenters. The van der Waals surface area contributed by atoms with Gasteiger partial charge in [0.05, 0.1) is 23.1 Å². The fourth-order valence-corrected chi connectivity index (χ4v) is 5.43. The molecule has 1 aromatic carbocycles. The number of amides is 1. The lowest BCUT2D eigenvalue weighted by atomic mass is 10.1. The summed E-state index contributed by atoms with van der Waals surface area (Å²) in [6, 6.07) is 5.46. The van der Waals surface area contributed by atoms with Gasteiger partial charge in [0.25, 0.3) is 11.5 Å². The van der Waals surface area contributed by atoms with Crippen LogP contribution in [-0.4, -0.2) is 83.4 Å². The van der Waals surface area contributed by atoms with Gasteiger partial charge in [-0.25, -0.2) is 0 Å². The van der Waals surface area contributed by atoms with Gasteiger partial charge in [-0.05, 0) is 63.5 Å². The fraction of sp³-hybridized carbons (Fsp3) is 0.625.